The molecule has 0 bridgehead atoms. The van der Waals surface area contributed by atoms with Crippen LogP contribution >= 0.6 is 24.8 Å². The van der Waals surface area contributed by atoms with E-state index in [2.05, 4.69) is 4.90 Å². The van der Waals surface area contributed by atoms with Crippen LogP contribution < -0.4 is 10.6 Å². The van der Waals surface area contributed by atoms with Crippen LogP contribution in [0, 0.1) is 15.9 Å². The van der Waals surface area contributed by atoms with E-state index in [0.717, 1.165) is 16.8 Å². The van der Waals surface area contributed by atoms with Crippen LogP contribution in [0.2, 0.25) is 0 Å². The zero-order chi connectivity index (χ0) is 15.0. The zero-order valence-electron chi connectivity index (χ0n) is 12.0. The van der Waals surface area contributed by atoms with E-state index in [0.29, 0.717) is 13.1 Å². The Balaban J connectivity index is 0.00000132. The Morgan fingerprint density at radius 2 is 1.87 bits per heavy atom. The van der Waals surface area contributed by atoms with Crippen LogP contribution in [0.3, 0.4) is 0 Å². The summed E-state index contributed by atoms with van der Waals surface area (Å²) < 4.78 is 12.9. The van der Waals surface area contributed by atoms with Crippen molar-refractivity contribution in [3.05, 3.63) is 69.5 Å². The number of hydrogen-bond acceptors (Lipinski definition) is 4. The summed E-state index contributed by atoms with van der Waals surface area (Å²) in [6.45, 7) is 1.19. The topological polar surface area (TPSA) is 72.4 Å². The molecule has 3 rings (SSSR count). The zero-order valence-corrected chi connectivity index (χ0v) is 13.6. The third-order valence-corrected chi connectivity index (χ3v) is 3.67. The van der Waals surface area contributed by atoms with Crippen LogP contribution in [0.4, 0.5) is 15.8 Å². The van der Waals surface area contributed by atoms with Crippen LogP contribution in [-0.2, 0) is 6.54 Å². The van der Waals surface area contributed by atoms with E-state index in [1.54, 1.807) is 18.2 Å². The molecule has 0 radical (unpaired) electrons. The highest BCUT2D eigenvalue weighted by Gasteiger charge is 2.27. The number of non-ortho nitro benzene ring substituents is 1. The smallest absolute Gasteiger partial charge is 0.269 e. The van der Waals surface area contributed by atoms with Crippen molar-refractivity contribution in [2.24, 2.45) is 5.73 Å². The van der Waals surface area contributed by atoms with Gasteiger partial charge in [-0.1, -0.05) is 12.1 Å². The van der Waals surface area contributed by atoms with Crippen LogP contribution in [-0.4, -0.2) is 11.5 Å². The van der Waals surface area contributed by atoms with Gasteiger partial charge in [-0.15, -0.1) is 24.8 Å². The minimum Gasteiger partial charge on any atom is -0.365 e. The number of rotatable bonds is 3. The molecule has 2 N–H and O–H groups in total. The number of nitrogens with two attached hydrogens (primary N) is 1. The molecule has 2 aromatic rings. The fraction of sp³-hybridized carbons (Fsp3) is 0.200. The normalized spacial score (nSPS) is 15.4. The summed E-state index contributed by atoms with van der Waals surface area (Å²) in [5.74, 6) is -0.270. The summed E-state index contributed by atoms with van der Waals surface area (Å²) in [7, 11) is 0. The van der Waals surface area contributed by atoms with Gasteiger partial charge in [0, 0.05) is 42.5 Å². The fourth-order valence-corrected chi connectivity index (χ4v) is 2.63. The Labute approximate surface area is 145 Å². The average Bonchev–Trinajstić information content (AvgIpc) is 2.77. The summed E-state index contributed by atoms with van der Waals surface area (Å²) in [6, 6.07) is 10.8. The molecule has 0 spiro atoms. The molecule has 1 aliphatic rings. The fourth-order valence-electron chi connectivity index (χ4n) is 2.63. The second-order valence-corrected chi connectivity index (χ2v) is 5.11. The number of benzene rings is 2. The average molecular weight is 360 g/mol. The standard InChI is InChI=1S/C15H14FN3O2.2ClH/c16-11-3-1-10(2-4-11)8-18-9-14(17)13-7-12(19(20)21)5-6-15(13)18;;/h1-7,14H,8-9,17H2;2*1H. The number of nitro groups is 1. The molecule has 0 aromatic heterocycles. The molecule has 2 aromatic carbocycles. The predicted molar refractivity (Wildman–Crippen MR) is 92.0 cm³/mol. The highest BCUT2D eigenvalue weighted by molar-refractivity contribution is 5.85. The van der Waals surface area contributed by atoms with Crippen LogP contribution in [0.25, 0.3) is 0 Å². The van der Waals surface area contributed by atoms with E-state index >= 15 is 0 Å². The molecule has 124 valence electrons. The van der Waals surface area contributed by atoms with Crippen molar-refractivity contribution in [3.8, 4) is 0 Å². The van der Waals surface area contributed by atoms with E-state index in [1.807, 2.05) is 0 Å². The summed E-state index contributed by atoms with van der Waals surface area (Å²) in [4.78, 5) is 12.5. The van der Waals surface area contributed by atoms with Crippen LogP contribution in [0.1, 0.15) is 17.2 Å². The van der Waals surface area contributed by atoms with Crippen LogP contribution in [0.5, 0.6) is 0 Å². The molecule has 0 aliphatic carbocycles. The molecule has 0 saturated heterocycles. The quantitative estimate of drug-likeness (QED) is 0.671. The first kappa shape index (κ1) is 19.2. The van der Waals surface area contributed by atoms with Gasteiger partial charge in [-0.05, 0) is 23.8 Å². The van der Waals surface area contributed by atoms with E-state index in [1.165, 1.54) is 24.3 Å². The van der Waals surface area contributed by atoms with Crippen molar-refractivity contribution < 1.29 is 9.31 Å². The molecule has 8 heteroatoms. The highest BCUT2D eigenvalue weighted by Crippen LogP contribution is 2.36. The van der Waals surface area contributed by atoms with Crippen molar-refractivity contribution in [3.63, 3.8) is 0 Å². The molecule has 23 heavy (non-hydrogen) atoms. The second-order valence-electron chi connectivity index (χ2n) is 5.11. The van der Waals surface area contributed by atoms with Gasteiger partial charge in [-0.2, -0.15) is 0 Å². The molecule has 1 aliphatic heterocycles. The van der Waals surface area contributed by atoms with E-state index < -0.39 is 4.92 Å². The maximum absolute atomic E-state index is 12.9. The number of nitrogens with zero attached hydrogens (tertiary/aromatic N) is 2. The molecule has 1 unspecified atom stereocenters. The lowest BCUT2D eigenvalue weighted by atomic mass is 10.1. The van der Waals surface area contributed by atoms with Gasteiger partial charge in [0.2, 0.25) is 0 Å². The molecule has 1 atom stereocenters. The predicted octanol–water partition coefficient (Wildman–Crippen LogP) is 3.60. The minimum atomic E-state index is -0.421. The van der Waals surface area contributed by atoms with E-state index in [9.17, 15) is 14.5 Å². The Bertz CT molecular complexity index is 698. The summed E-state index contributed by atoms with van der Waals surface area (Å²) in [6.07, 6.45) is 0. The van der Waals surface area contributed by atoms with Gasteiger partial charge in [-0.25, -0.2) is 4.39 Å². The first-order valence-electron chi connectivity index (χ1n) is 6.58. The largest absolute Gasteiger partial charge is 0.365 e. The second kappa shape index (κ2) is 7.59. The van der Waals surface area contributed by atoms with Gasteiger partial charge < -0.3 is 10.6 Å². The minimum absolute atomic E-state index is 0. The Hall–Kier alpha value is -1.89. The van der Waals surface area contributed by atoms with E-state index in [4.69, 9.17) is 5.73 Å². The molecule has 0 saturated carbocycles. The van der Waals surface area contributed by atoms with Gasteiger partial charge in [0.15, 0.2) is 0 Å². The van der Waals surface area contributed by atoms with Gasteiger partial charge >= 0.3 is 0 Å². The van der Waals surface area contributed by atoms with Crippen molar-refractivity contribution in [1.82, 2.24) is 0 Å². The lowest BCUT2D eigenvalue weighted by molar-refractivity contribution is -0.384. The Morgan fingerprint density at radius 3 is 2.48 bits per heavy atom. The Kier molecular flexibility index (Phi) is 6.32. The number of fused-ring (bicyclic) bond motifs is 1. The molecule has 1 heterocycles. The van der Waals surface area contributed by atoms with Crippen molar-refractivity contribution >= 4 is 36.2 Å². The van der Waals surface area contributed by atoms with Gasteiger partial charge in [0.05, 0.1) is 4.92 Å². The number of hydrogen-bond donors (Lipinski definition) is 1. The van der Waals surface area contributed by atoms with Gasteiger partial charge in [0.1, 0.15) is 5.82 Å². The molecule has 0 fully saturated rings. The van der Waals surface area contributed by atoms with Crippen molar-refractivity contribution in [1.29, 1.82) is 0 Å². The lowest BCUT2D eigenvalue weighted by Crippen LogP contribution is -2.23. The molecular formula is C15H16Cl2FN3O2. The maximum atomic E-state index is 12.9. The third-order valence-electron chi connectivity index (χ3n) is 3.67. The SMILES string of the molecule is Cl.Cl.NC1CN(Cc2ccc(F)cc2)c2ccc([N+](=O)[O-])cc21. The molecule has 0 amide bonds. The highest BCUT2D eigenvalue weighted by atomic mass is 35.5. The number of halogens is 3. The maximum Gasteiger partial charge on any atom is 0.269 e. The van der Waals surface area contributed by atoms with Gasteiger partial charge in [-0.3, -0.25) is 10.1 Å². The molecule has 5 nitrogen and oxygen atoms in total. The lowest BCUT2D eigenvalue weighted by Gasteiger charge is -2.19. The third kappa shape index (κ3) is 3.90. The number of anilines is 1. The number of nitro benzene ring substituents is 1. The van der Waals surface area contributed by atoms with Gasteiger partial charge in [0.25, 0.3) is 5.69 Å². The first-order valence-corrected chi connectivity index (χ1v) is 6.58. The van der Waals surface area contributed by atoms with Crippen LogP contribution in [0.15, 0.2) is 42.5 Å². The summed E-state index contributed by atoms with van der Waals surface area (Å²) in [5.41, 5.74) is 8.76. The van der Waals surface area contributed by atoms with Crippen molar-refractivity contribution in [2.45, 2.75) is 12.6 Å². The Morgan fingerprint density at radius 1 is 1.22 bits per heavy atom. The van der Waals surface area contributed by atoms with E-state index in [-0.39, 0.29) is 42.4 Å². The summed E-state index contributed by atoms with van der Waals surface area (Å²) in [5, 5.41) is 10.8. The summed E-state index contributed by atoms with van der Waals surface area (Å²) >= 11 is 0. The molecular weight excluding hydrogens is 344 g/mol. The van der Waals surface area contributed by atoms with Crippen molar-refractivity contribution in [2.75, 3.05) is 11.4 Å². The monoisotopic (exact) mass is 359 g/mol. The first-order chi connectivity index (χ1) is 10.0.